The summed E-state index contributed by atoms with van der Waals surface area (Å²) in [6.45, 7) is 0. The number of anilines is 1. The van der Waals surface area contributed by atoms with Crippen molar-refractivity contribution in [3.63, 3.8) is 0 Å². The topological polar surface area (TPSA) is 67.8 Å². The Bertz CT molecular complexity index is 656. The van der Waals surface area contributed by atoms with E-state index in [1.807, 2.05) is 0 Å². The van der Waals surface area contributed by atoms with Crippen molar-refractivity contribution >= 4 is 16.6 Å². The van der Waals surface area contributed by atoms with E-state index < -0.39 is 0 Å². The van der Waals surface area contributed by atoms with E-state index in [0.717, 1.165) is 0 Å². The van der Waals surface area contributed by atoms with Gasteiger partial charge < -0.3 is 15.2 Å². The highest BCUT2D eigenvalue weighted by Gasteiger charge is 2.15. The minimum Gasteiger partial charge on any atom is -0.394 e. The largest absolute Gasteiger partial charge is 0.394 e. The molecular formula is C11H8FN3O. The summed E-state index contributed by atoms with van der Waals surface area (Å²) in [5.41, 5.74) is 7.36. The Morgan fingerprint density at radius 3 is 3.00 bits per heavy atom. The van der Waals surface area contributed by atoms with Crippen LogP contribution < -0.4 is 5.73 Å². The Balaban J connectivity index is 2.37. The van der Waals surface area contributed by atoms with Gasteiger partial charge in [0, 0.05) is 17.1 Å². The standard InChI is InChI=1S/C11H8FN3O/c12-7-2-1-3-9-10(7)6(4-14-9)11-8(13)5-15-16-11/h1-5,14H,13H2. The predicted octanol–water partition coefficient (Wildman–Crippen LogP) is 2.54. The highest BCUT2D eigenvalue weighted by Crippen LogP contribution is 2.33. The summed E-state index contributed by atoms with van der Waals surface area (Å²) in [6.07, 6.45) is 3.06. The summed E-state index contributed by atoms with van der Waals surface area (Å²) >= 11 is 0. The van der Waals surface area contributed by atoms with Crippen LogP contribution in [0.1, 0.15) is 0 Å². The first-order valence-electron chi connectivity index (χ1n) is 4.73. The average Bonchev–Trinajstić information content (AvgIpc) is 2.84. The van der Waals surface area contributed by atoms with E-state index in [2.05, 4.69) is 10.1 Å². The Morgan fingerprint density at radius 2 is 2.25 bits per heavy atom. The van der Waals surface area contributed by atoms with Crippen molar-refractivity contribution < 1.29 is 8.91 Å². The van der Waals surface area contributed by atoms with Crippen molar-refractivity contribution in [2.75, 3.05) is 5.73 Å². The predicted molar refractivity (Wildman–Crippen MR) is 58.2 cm³/mol. The molecule has 0 spiro atoms. The molecule has 3 aromatic rings. The molecule has 2 heterocycles. The monoisotopic (exact) mass is 217 g/mol. The van der Waals surface area contributed by atoms with Crippen LogP contribution in [-0.2, 0) is 0 Å². The van der Waals surface area contributed by atoms with Gasteiger partial charge in [0.2, 0.25) is 0 Å². The molecule has 16 heavy (non-hydrogen) atoms. The second kappa shape index (κ2) is 3.10. The fourth-order valence-corrected chi connectivity index (χ4v) is 1.77. The molecule has 0 aliphatic carbocycles. The van der Waals surface area contributed by atoms with E-state index in [9.17, 15) is 4.39 Å². The zero-order chi connectivity index (χ0) is 11.1. The van der Waals surface area contributed by atoms with Gasteiger partial charge in [-0.15, -0.1) is 0 Å². The smallest absolute Gasteiger partial charge is 0.191 e. The molecule has 4 nitrogen and oxygen atoms in total. The number of nitrogens with two attached hydrogens (primary N) is 1. The normalized spacial score (nSPS) is 11.1. The zero-order valence-corrected chi connectivity index (χ0v) is 8.20. The molecule has 0 radical (unpaired) electrons. The number of nitrogens with one attached hydrogen (secondary N) is 1. The number of aromatic nitrogens is 2. The molecule has 0 saturated heterocycles. The number of aromatic amines is 1. The third kappa shape index (κ3) is 1.11. The molecular weight excluding hydrogens is 209 g/mol. The first-order valence-corrected chi connectivity index (χ1v) is 4.73. The molecule has 0 saturated carbocycles. The summed E-state index contributed by atoms with van der Waals surface area (Å²) in [5, 5.41) is 4.04. The van der Waals surface area contributed by atoms with Crippen molar-refractivity contribution in [1.29, 1.82) is 0 Å². The maximum atomic E-state index is 13.7. The van der Waals surface area contributed by atoms with Gasteiger partial charge in [-0.3, -0.25) is 0 Å². The van der Waals surface area contributed by atoms with E-state index in [1.165, 1.54) is 12.3 Å². The summed E-state index contributed by atoms with van der Waals surface area (Å²) in [4.78, 5) is 2.96. The molecule has 0 atom stereocenters. The van der Waals surface area contributed by atoms with Crippen LogP contribution in [0.4, 0.5) is 10.1 Å². The van der Waals surface area contributed by atoms with Gasteiger partial charge in [-0.05, 0) is 12.1 Å². The van der Waals surface area contributed by atoms with Crippen molar-refractivity contribution in [2.45, 2.75) is 0 Å². The van der Waals surface area contributed by atoms with Gasteiger partial charge in [0.15, 0.2) is 5.76 Å². The lowest BCUT2D eigenvalue weighted by molar-refractivity contribution is 0.433. The third-order valence-corrected chi connectivity index (χ3v) is 2.50. The van der Waals surface area contributed by atoms with Crippen LogP contribution in [0, 0.1) is 5.82 Å². The van der Waals surface area contributed by atoms with Crippen LogP contribution in [0.3, 0.4) is 0 Å². The van der Waals surface area contributed by atoms with Gasteiger partial charge in [0.05, 0.1) is 11.8 Å². The number of halogens is 1. The molecule has 0 unspecified atom stereocenters. The molecule has 5 heteroatoms. The summed E-state index contributed by atoms with van der Waals surface area (Å²) in [6, 6.07) is 4.82. The molecule has 3 N–H and O–H groups in total. The fraction of sp³-hybridized carbons (Fsp3) is 0. The Labute approximate surface area is 89.9 Å². The minimum absolute atomic E-state index is 0.315. The maximum Gasteiger partial charge on any atom is 0.191 e. The van der Waals surface area contributed by atoms with Gasteiger partial charge in [-0.1, -0.05) is 11.2 Å². The molecule has 0 aliphatic rings. The lowest BCUT2D eigenvalue weighted by Crippen LogP contribution is -1.84. The van der Waals surface area contributed by atoms with E-state index in [-0.39, 0.29) is 5.82 Å². The number of hydrogen-bond donors (Lipinski definition) is 2. The van der Waals surface area contributed by atoms with Crippen LogP contribution in [0.25, 0.3) is 22.2 Å². The highest BCUT2D eigenvalue weighted by molar-refractivity contribution is 5.96. The second-order valence-electron chi connectivity index (χ2n) is 3.48. The molecule has 3 rings (SSSR count). The first-order chi connectivity index (χ1) is 7.77. The van der Waals surface area contributed by atoms with Crippen LogP contribution >= 0.6 is 0 Å². The lowest BCUT2D eigenvalue weighted by atomic mass is 10.1. The average molecular weight is 217 g/mol. The number of hydrogen-bond acceptors (Lipinski definition) is 3. The van der Waals surface area contributed by atoms with Crippen LogP contribution in [-0.4, -0.2) is 10.1 Å². The van der Waals surface area contributed by atoms with Crippen molar-refractivity contribution in [3.8, 4) is 11.3 Å². The minimum atomic E-state index is -0.315. The number of fused-ring (bicyclic) bond motifs is 1. The van der Waals surface area contributed by atoms with E-state index >= 15 is 0 Å². The highest BCUT2D eigenvalue weighted by atomic mass is 19.1. The SMILES string of the molecule is Nc1cnoc1-c1c[nH]c2cccc(F)c12. The molecule has 0 aliphatic heterocycles. The van der Waals surface area contributed by atoms with Gasteiger partial charge >= 0.3 is 0 Å². The Kier molecular flexibility index (Phi) is 1.73. The number of rotatable bonds is 1. The number of H-pyrrole nitrogens is 1. The molecule has 0 fully saturated rings. The van der Waals surface area contributed by atoms with Gasteiger partial charge in [0.1, 0.15) is 11.5 Å². The number of nitrogens with zero attached hydrogens (tertiary/aromatic N) is 1. The van der Waals surface area contributed by atoms with Gasteiger partial charge in [0.25, 0.3) is 0 Å². The quantitative estimate of drug-likeness (QED) is 0.658. The Hall–Kier alpha value is -2.30. The number of benzene rings is 1. The summed E-state index contributed by atoms with van der Waals surface area (Å²) < 4.78 is 18.7. The van der Waals surface area contributed by atoms with Crippen molar-refractivity contribution in [1.82, 2.24) is 10.1 Å². The van der Waals surface area contributed by atoms with E-state index in [0.29, 0.717) is 27.9 Å². The Morgan fingerprint density at radius 1 is 1.38 bits per heavy atom. The third-order valence-electron chi connectivity index (χ3n) is 2.50. The lowest BCUT2D eigenvalue weighted by Gasteiger charge is -1.96. The van der Waals surface area contributed by atoms with Crippen molar-refractivity contribution in [2.24, 2.45) is 0 Å². The number of nitrogen functional groups attached to an aromatic ring is 1. The van der Waals surface area contributed by atoms with Gasteiger partial charge in [-0.25, -0.2) is 4.39 Å². The molecule has 0 amide bonds. The maximum absolute atomic E-state index is 13.7. The van der Waals surface area contributed by atoms with Crippen LogP contribution in [0.2, 0.25) is 0 Å². The summed E-state index contributed by atoms with van der Waals surface area (Å²) in [5.74, 6) is 0.0703. The fourth-order valence-electron chi connectivity index (χ4n) is 1.77. The van der Waals surface area contributed by atoms with Gasteiger partial charge in [-0.2, -0.15) is 0 Å². The van der Waals surface area contributed by atoms with Crippen LogP contribution in [0.5, 0.6) is 0 Å². The molecule has 1 aromatic carbocycles. The summed E-state index contributed by atoms with van der Waals surface area (Å²) in [7, 11) is 0. The van der Waals surface area contributed by atoms with Crippen molar-refractivity contribution in [3.05, 3.63) is 36.4 Å². The second-order valence-corrected chi connectivity index (χ2v) is 3.48. The molecule has 2 aromatic heterocycles. The zero-order valence-electron chi connectivity index (χ0n) is 8.20. The van der Waals surface area contributed by atoms with E-state index in [1.54, 1.807) is 18.3 Å². The molecule has 80 valence electrons. The van der Waals surface area contributed by atoms with E-state index in [4.69, 9.17) is 10.3 Å². The first kappa shape index (κ1) is 8.96. The van der Waals surface area contributed by atoms with Crippen LogP contribution in [0.15, 0.2) is 35.1 Å². The molecule has 0 bridgehead atoms.